The van der Waals surface area contributed by atoms with Crippen molar-refractivity contribution >= 4 is 18.0 Å². The van der Waals surface area contributed by atoms with Crippen LogP contribution >= 0.6 is 0 Å². The Morgan fingerprint density at radius 2 is 2.14 bits per heavy atom. The molecule has 2 N–H and O–H groups in total. The fourth-order valence-corrected chi connectivity index (χ4v) is 1.66. The summed E-state index contributed by atoms with van der Waals surface area (Å²) in [5, 5.41) is 11.1. The number of aliphatic carboxylic acids is 1. The van der Waals surface area contributed by atoms with E-state index in [2.05, 4.69) is 5.32 Å². The van der Waals surface area contributed by atoms with Crippen LogP contribution in [0.3, 0.4) is 0 Å². The molecule has 1 aromatic rings. The van der Waals surface area contributed by atoms with E-state index in [1.54, 1.807) is 7.11 Å². The molecule has 0 aromatic heterocycles. The molecule has 0 aliphatic heterocycles. The Hall–Kier alpha value is -2.21. The number of rotatable bonds is 8. The lowest BCUT2D eigenvalue weighted by molar-refractivity contribution is -0.131. The number of hydrogen-bond acceptors (Lipinski definition) is 3. The summed E-state index contributed by atoms with van der Waals surface area (Å²) in [5.41, 5.74) is 0.320. The van der Waals surface area contributed by atoms with Crippen LogP contribution in [0.25, 0.3) is 6.08 Å². The fourth-order valence-electron chi connectivity index (χ4n) is 1.66. The highest BCUT2D eigenvalue weighted by molar-refractivity contribution is 5.94. The third-order valence-electron chi connectivity index (χ3n) is 2.72. The number of amides is 1. The third kappa shape index (κ3) is 6.18. The summed E-state index contributed by atoms with van der Waals surface area (Å²) in [6, 6.07) is 3.95. The summed E-state index contributed by atoms with van der Waals surface area (Å²) in [5.74, 6) is -2.29. The summed E-state index contributed by atoms with van der Waals surface area (Å²) in [6.07, 6.45) is 3.74. The van der Waals surface area contributed by atoms with E-state index in [9.17, 15) is 14.0 Å². The third-order valence-corrected chi connectivity index (χ3v) is 2.72. The van der Waals surface area contributed by atoms with Gasteiger partial charge in [-0.15, -0.1) is 0 Å². The molecular weight excluding hydrogens is 277 g/mol. The summed E-state index contributed by atoms with van der Waals surface area (Å²) in [7, 11) is 1.61. The van der Waals surface area contributed by atoms with E-state index in [1.165, 1.54) is 18.2 Å². The van der Waals surface area contributed by atoms with Crippen LogP contribution in [0.5, 0.6) is 0 Å². The lowest BCUT2D eigenvalue weighted by Gasteiger charge is -2.06. The Bertz CT molecular complexity index is 528. The van der Waals surface area contributed by atoms with E-state index in [-0.39, 0.29) is 5.56 Å². The number of halogens is 1. The predicted molar refractivity (Wildman–Crippen MR) is 76.5 cm³/mol. The second-order valence-electron chi connectivity index (χ2n) is 4.37. The van der Waals surface area contributed by atoms with Gasteiger partial charge >= 0.3 is 5.97 Å². The minimum absolute atomic E-state index is 0.0609. The Morgan fingerprint density at radius 3 is 2.76 bits per heavy atom. The molecule has 0 fully saturated rings. The number of carboxylic acid groups (broad SMARTS) is 1. The number of methoxy groups -OCH3 is 1. The monoisotopic (exact) mass is 295 g/mol. The molecule has 21 heavy (non-hydrogen) atoms. The van der Waals surface area contributed by atoms with E-state index in [1.807, 2.05) is 0 Å². The van der Waals surface area contributed by atoms with Gasteiger partial charge in [0.05, 0.1) is 5.56 Å². The quantitative estimate of drug-likeness (QED) is 0.569. The largest absolute Gasteiger partial charge is 0.478 e. The molecule has 0 radical (unpaired) electrons. The minimum atomic E-state index is -1.12. The molecular formula is C15H18FNO4. The number of hydrogen-bond donors (Lipinski definition) is 2. The maximum Gasteiger partial charge on any atom is 0.328 e. The molecule has 0 saturated carbocycles. The van der Waals surface area contributed by atoms with Crippen LogP contribution in [0.2, 0.25) is 0 Å². The molecule has 5 nitrogen and oxygen atoms in total. The van der Waals surface area contributed by atoms with E-state index in [0.717, 1.165) is 25.0 Å². The lowest BCUT2D eigenvalue weighted by atomic mass is 10.1. The topological polar surface area (TPSA) is 75.6 Å². The average molecular weight is 295 g/mol. The maximum absolute atomic E-state index is 13.8. The van der Waals surface area contributed by atoms with Gasteiger partial charge in [-0.3, -0.25) is 4.79 Å². The smallest absolute Gasteiger partial charge is 0.328 e. The molecule has 0 saturated heterocycles. The Balaban J connectivity index is 2.58. The zero-order valence-corrected chi connectivity index (χ0v) is 11.8. The van der Waals surface area contributed by atoms with Crippen molar-refractivity contribution in [3.63, 3.8) is 0 Å². The van der Waals surface area contributed by atoms with E-state index in [0.29, 0.717) is 18.7 Å². The second kappa shape index (κ2) is 8.86. The van der Waals surface area contributed by atoms with Crippen molar-refractivity contribution in [1.29, 1.82) is 0 Å². The van der Waals surface area contributed by atoms with Crippen LogP contribution in [0.4, 0.5) is 4.39 Å². The van der Waals surface area contributed by atoms with Gasteiger partial charge in [0.1, 0.15) is 5.82 Å². The first-order valence-corrected chi connectivity index (χ1v) is 6.52. The van der Waals surface area contributed by atoms with Crippen molar-refractivity contribution in [2.75, 3.05) is 20.3 Å². The number of benzene rings is 1. The number of carboxylic acids is 1. The number of ether oxygens (including phenoxy) is 1. The first-order chi connectivity index (χ1) is 10.0. The van der Waals surface area contributed by atoms with Gasteiger partial charge in [0.25, 0.3) is 5.91 Å². The maximum atomic E-state index is 13.8. The van der Waals surface area contributed by atoms with Crippen molar-refractivity contribution in [2.24, 2.45) is 0 Å². The molecule has 0 spiro atoms. The second-order valence-corrected chi connectivity index (χ2v) is 4.37. The summed E-state index contributed by atoms with van der Waals surface area (Å²) in [6.45, 7) is 1.07. The number of nitrogens with one attached hydrogen (secondary N) is 1. The van der Waals surface area contributed by atoms with Gasteiger partial charge in [-0.1, -0.05) is 6.07 Å². The Labute approximate surface area is 122 Å². The van der Waals surface area contributed by atoms with Crippen molar-refractivity contribution in [1.82, 2.24) is 5.32 Å². The van der Waals surface area contributed by atoms with Crippen LogP contribution in [-0.4, -0.2) is 37.2 Å². The molecule has 0 atom stereocenters. The highest BCUT2D eigenvalue weighted by atomic mass is 19.1. The van der Waals surface area contributed by atoms with Gasteiger partial charge in [-0.05, 0) is 36.6 Å². The fraction of sp³-hybridized carbons (Fsp3) is 0.333. The van der Waals surface area contributed by atoms with Crippen LogP contribution in [-0.2, 0) is 9.53 Å². The number of carbonyl (C=O) groups is 2. The van der Waals surface area contributed by atoms with E-state index < -0.39 is 17.7 Å². The molecule has 0 unspecified atom stereocenters. The van der Waals surface area contributed by atoms with Crippen molar-refractivity contribution in [2.45, 2.75) is 12.8 Å². The van der Waals surface area contributed by atoms with Crippen molar-refractivity contribution in [3.05, 3.63) is 41.2 Å². The Morgan fingerprint density at radius 1 is 1.38 bits per heavy atom. The van der Waals surface area contributed by atoms with Crippen molar-refractivity contribution in [3.8, 4) is 0 Å². The number of carbonyl (C=O) groups excluding carboxylic acids is 1. The molecule has 0 aliphatic rings. The zero-order valence-electron chi connectivity index (χ0n) is 11.8. The van der Waals surface area contributed by atoms with E-state index >= 15 is 0 Å². The molecule has 0 heterocycles. The molecule has 1 amide bonds. The van der Waals surface area contributed by atoms with E-state index in [4.69, 9.17) is 9.84 Å². The van der Waals surface area contributed by atoms with Gasteiger partial charge in [0, 0.05) is 26.3 Å². The molecule has 0 bridgehead atoms. The van der Waals surface area contributed by atoms with Gasteiger partial charge < -0.3 is 15.2 Å². The highest BCUT2D eigenvalue weighted by Gasteiger charge is 2.11. The summed E-state index contributed by atoms with van der Waals surface area (Å²) < 4.78 is 18.7. The average Bonchev–Trinajstić information content (AvgIpc) is 2.44. The van der Waals surface area contributed by atoms with Gasteiger partial charge in [-0.2, -0.15) is 0 Å². The van der Waals surface area contributed by atoms with Gasteiger partial charge in [0.2, 0.25) is 0 Å². The first kappa shape index (κ1) is 16.8. The summed E-state index contributed by atoms with van der Waals surface area (Å²) >= 11 is 0. The number of unbranched alkanes of at least 4 members (excludes halogenated alkanes) is 1. The van der Waals surface area contributed by atoms with Crippen LogP contribution < -0.4 is 5.32 Å². The van der Waals surface area contributed by atoms with Crippen LogP contribution in [0.15, 0.2) is 24.3 Å². The molecule has 6 heteroatoms. The molecule has 1 rings (SSSR count). The lowest BCUT2D eigenvalue weighted by Crippen LogP contribution is -2.25. The summed E-state index contributed by atoms with van der Waals surface area (Å²) in [4.78, 5) is 22.2. The van der Waals surface area contributed by atoms with Crippen LogP contribution in [0, 0.1) is 5.82 Å². The van der Waals surface area contributed by atoms with Crippen molar-refractivity contribution < 1.29 is 23.8 Å². The van der Waals surface area contributed by atoms with Gasteiger partial charge in [-0.25, -0.2) is 9.18 Å². The minimum Gasteiger partial charge on any atom is -0.478 e. The predicted octanol–water partition coefficient (Wildman–Crippen LogP) is 2.08. The SMILES string of the molecule is COCCCCNC(=O)c1ccc(C=CC(=O)O)cc1F. The first-order valence-electron chi connectivity index (χ1n) is 6.52. The molecule has 0 aliphatic carbocycles. The normalized spacial score (nSPS) is 10.8. The molecule has 1 aromatic carbocycles. The molecule has 114 valence electrons. The standard InChI is InChI=1S/C15H18FNO4/c1-21-9-3-2-8-17-15(20)12-6-4-11(10-13(12)16)5-7-14(18)19/h4-7,10H,2-3,8-9H2,1H3,(H,17,20)(H,18,19). The zero-order chi connectivity index (χ0) is 15.7. The van der Waals surface area contributed by atoms with Gasteiger partial charge in [0.15, 0.2) is 0 Å². The Kier molecular flexibility index (Phi) is 7.11. The highest BCUT2D eigenvalue weighted by Crippen LogP contribution is 2.12. The van der Waals surface area contributed by atoms with Crippen LogP contribution in [0.1, 0.15) is 28.8 Å².